The van der Waals surface area contributed by atoms with Crippen LogP contribution in [0, 0.1) is 12.7 Å². The van der Waals surface area contributed by atoms with Crippen LogP contribution < -0.4 is 5.32 Å². The van der Waals surface area contributed by atoms with E-state index in [1.54, 1.807) is 6.20 Å². The van der Waals surface area contributed by atoms with E-state index in [1.165, 1.54) is 12.1 Å². The first-order chi connectivity index (χ1) is 10.0. The summed E-state index contributed by atoms with van der Waals surface area (Å²) < 4.78 is 13.8. The predicted octanol–water partition coefficient (Wildman–Crippen LogP) is 4.06. The molecule has 110 valence electrons. The van der Waals surface area contributed by atoms with Gasteiger partial charge in [-0.25, -0.2) is 4.39 Å². The van der Waals surface area contributed by atoms with Gasteiger partial charge in [0.15, 0.2) is 0 Å². The minimum Gasteiger partial charge on any atom is -0.344 e. The highest BCUT2D eigenvalue weighted by molar-refractivity contribution is 6.30. The number of rotatable bonds is 4. The Hall–Kier alpha value is -1.94. The molecular formula is C16H16ClFN2O. The molecule has 1 unspecified atom stereocenters. The third-order valence-electron chi connectivity index (χ3n) is 3.18. The Morgan fingerprint density at radius 2 is 2.14 bits per heavy atom. The molecule has 1 atom stereocenters. The monoisotopic (exact) mass is 306 g/mol. The lowest BCUT2D eigenvalue weighted by molar-refractivity contribution is 0.0930. The SMILES string of the molecule is CCC(NC(=O)c1ccc(Cl)cc1F)c1cc(C)ccn1. The number of aromatic nitrogens is 1. The van der Waals surface area contributed by atoms with E-state index in [9.17, 15) is 9.18 Å². The van der Waals surface area contributed by atoms with Gasteiger partial charge in [0, 0.05) is 11.2 Å². The predicted molar refractivity (Wildman–Crippen MR) is 80.9 cm³/mol. The summed E-state index contributed by atoms with van der Waals surface area (Å²) in [5.74, 6) is -1.11. The molecule has 0 aliphatic rings. The first kappa shape index (κ1) is 15.4. The molecule has 0 bridgehead atoms. The summed E-state index contributed by atoms with van der Waals surface area (Å²) in [6.45, 7) is 3.89. The maximum atomic E-state index is 13.8. The summed E-state index contributed by atoms with van der Waals surface area (Å²) >= 11 is 5.69. The number of aryl methyl sites for hydroxylation is 1. The summed E-state index contributed by atoms with van der Waals surface area (Å²) in [5, 5.41) is 3.06. The summed E-state index contributed by atoms with van der Waals surface area (Å²) in [4.78, 5) is 16.4. The van der Waals surface area contributed by atoms with Crippen LogP contribution in [0.1, 0.15) is 41.0 Å². The van der Waals surface area contributed by atoms with E-state index in [-0.39, 0.29) is 16.6 Å². The van der Waals surface area contributed by atoms with Crippen molar-refractivity contribution in [1.82, 2.24) is 10.3 Å². The number of hydrogen-bond acceptors (Lipinski definition) is 2. The molecule has 3 nitrogen and oxygen atoms in total. The lowest BCUT2D eigenvalue weighted by Gasteiger charge is -2.17. The van der Waals surface area contributed by atoms with E-state index in [1.807, 2.05) is 26.0 Å². The molecule has 1 aromatic carbocycles. The zero-order chi connectivity index (χ0) is 15.4. The average molecular weight is 307 g/mol. The van der Waals surface area contributed by atoms with E-state index >= 15 is 0 Å². The summed E-state index contributed by atoms with van der Waals surface area (Å²) in [7, 11) is 0. The Kier molecular flexibility index (Phi) is 4.91. The van der Waals surface area contributed by atoms with Gasteiger partial charge >= 0.3 is 0 Å². The Balaban J connectivity index is 2.20. The number of nitrogens with one attached hydrogen (secondary N) is 1. The second kappa shape index (κ2) is 6.68. The summed E-state index contributed by atoms with van der Waals surface area (Å²) in [6.07, 6.45) is 2.36. The first-order valence-corrected chi connectivity index (χ1v) is 7.07. The smallest absolute Gasteiger partial charge is 0.254 e. The second-order valence-electron chi connectivity index (χ2n) is 4.82. The molecule has 2 aromatic rings. The fourth-order valence-electron chi connectivity index (χ4n) is 2.04. The van der Waals surface area contributed by atoms with Crippen molar-refractivity contribution in [2.45, 2.75) is 26.3 Å². The van der Waals surface area contributed by atoms with Crippen LogP contribution in [0.5, 0.6) is 0 Å². The van der Waals surface area contributed by atoms with Crippen molar-refractivity contribution in [3.05, 3.63) is 64.2 Å². The zero-order valence-corrected chi connectivity index (χ0v) is 12.6. The van der Waals surface area contributed by atoms with Crippen molar-refractivity contribution < 1.29 is 9.18 Å². The zero-order valence-electron chi connectivity index (χ0n) is 11.9. The Morgan fingerprint density at radius 1 is 1.38 bits per heavy atom. The van der Waals surface area contributed by atoms with E-state index < -0.39 is 11.7 Å². The van der Waals surface area contributed by atoms with Crippen LogP contribution in [0.3, 0.4) is 0 Å². The molecule has 0 aliphatic carbocycles. The largest absolute Gasteiger partial charge is 0.344 e. The normalized spacial score (nSPS) is 12.0. The molecule has 0 fully saturated rings. The number of halogens is 2. The molecule has 2 rings (SSSR count). The van der Waals surface area contributed by atoms with Crippen LogP contribution >= 0.6 is 11.6 Å². The van der Waals surface area contributed by atoms with Crippen LogP contribution in [-0.2, 0) is 0 Å². The molecule has 0 spiro atoms. The number of pyridine rings is 1. The van der Waals surface area contributed by atoms with Crippen molar-refractivity contribution in [3.63, 3.8) is 0 Å². The quantitative estimate of drug-likeness (QED) is 0.925. The average Bonchev–Trinajstić information content (AvgIpc) is 2.44. The molecule has 0 saturated heterocycles. The van der Waals surface area contributed by atoms with Crippen LogP contribution in [0.15, 0.2) is 36.5 Å². The van der Waals surface area contributed by atoms with Crippen LogP contribution in [0.25, 0.3) is 0 Å². The van der Waals surface area contributed by atoms with Gasteiger partial charge in [-0.15, -0.1) is 0 Å². The van der Waals surface area contributed by atoms with Crippen molar-refractivity contribution in [1.29, 1.82) is 0 Å². The summed E-state index contributed by atoms with van der Waals surface area (Å²) in [5.41, 5.74) is 1.80. The maximum Gasteiger partial charge on any atom is 0.254 e. The molecule has 0 aliphatic heterocycles. The fourth-order valence-corrected chi connectivity index (χ4v) is 2.20. The minimum atomic E-state index is -0.632. The Bertz CT molecular complexity index is 660. The van der Waals surface area contributed by atoms with E-state index in [0.717, 1.165) is 17.3 Å². The minimum absolute atomic E-state index is 0.0227. The van der Waals surface area contributed by atoms with Gasteiger partial charge in [0.05, 0.1) is 17.3 Å². The van der Waals surface area contributed by atoms with Crippen molar-refractivity contribution >= 4 is 17.5 Å². The molecule has 1 aromatic heterocycles. The highest BCUT2D eigenvalue weighted by Gasteiger charge is 2.18. The van der Waals surface area contributed by atoms with Crippen molar-refractivity contribution in [3.8, 4) is 0 Å². The Labute approximate surface area is 128 Å². The highest BCUT2D eigenvalue weighted by Crippen LogP contribution is 2.18. The number of benzene rings is 1. The maximum absolute atomic E-state index is 13.8. The molecule has 21 heavy (non-hydrogen) atoms. The van der Waals surface area contributed by atoms with Crippen molar-refractivity contribution in [2.24, 2.45) is 0 Å². The first-order valence-electron chi connectivity index (χ1n) is 6.69. The molecule has 0 saturated carbocycles. The number of hydrogen-bond donors (Lipinski definition) is 1. The fraction of sp³-hybridized carbons (Fsp3) is 0.250. The Morgan fingerprint density at radius 3 is 2.76 bits per heavy atom. The van der Waals surface area contributed by atoms with Gasteiger partial charge in [0.25, 0.3) is 5.91 Å². The lowest BCUT2D eigenvalue weighted by atomic mass is 10.1. The number of nitrogens with zero attached hydrogens (tertiary/aromatic N) is 1. The van der Waals surface area contributed by atoms with Gasteiger partial charge in [0.2, 0.25) is 0 Å². The van der Waals surface area contributed by atoms with Gasteiger partial charge < -0.3 is 5.32 Å². The van der Waals surface area contributed by atoms with Gasteiger partial charge in [-0.2, -0.15) is 0 Å². The van der Waals surface area contributed by atoms with E-state index in [0.29, 0.717) is 6.42 Å². The molecular weight excluding hydrogens is 291 g/mol. The van der Waals surface area contributed by atoms with Gasteiger partial charge in [-0.1, -0.05) is 18.5 Å². The molecule has 1 heterocycles. The van der Waals surface area contributed by atoms with Gasteiger partial charge in [0.1, 0.15) is 5.82 Å². The van der Waals surface area contributed by atoms with Crippen LogP contribution in [0.4, 0.5) is 4.39 Å². The molecule has 0 radical (unpaired) electrons. The second-order valence-corrected chi connectivity index (χ2v) is 5.25. The third kappa shape index (κ3) is 3.79. The highest BCUT2D eigenvalue weighted by atomic mass is 35.5. The van der Waals surface area contributed by atoms with Crippen molar-refractivity contribution in [2.75, 3.05) is 0 Å². The van der Waals surface area contributed by atoms with Gasteiger partial charge in [-0.05, 0) is 49.2 Å². The third-order valence-corrected chi connectivity index (χ3v) is 3.42. The lowest BCUT2D eigenvalue weighted by Crippen LogP contribution is -2.29. The summed E-state index contributed by atoms with van der Waals surface area (Å²) in [6, 6.07) is 7.54. The molecule has 1 N–H and O–H groups in total. The van der Waals surface area contributed by atoms with Gasteiger partial charge in [-0.3, -0.25) is 9.78 Å². The van der Waals surface area contributed by atoms with Crippen LogP contribution in [-0.4, -0.2) is 10.9 Å². The molecule has 1 amide bonds. The molecule has 5 heteroatoms. The van der Waals surface area contributed by atoms with E-state index in [4.69, 9.17) is 11.6 Å². The standard InChI is InChI=1S/C16H16ClFN2O/c1-3-14(15-8-10(2)6-7-19-15)20-16(21)12-5-4-11(17)9-13(12)18/h4-9,14H,3H2,1-2H3,(H,20,21). The topological polar surface area (TPSA) is 42.0 Å². The number of amides is 1. The van der Waals surface area contributed by atoms with E-state index in [2.05, 4.69) is 10.3 Å². The number of carbonyl (C=O) groups excluding carboxylic acids is 1. The number of carbonyl (C=O) groups is 1. The van der Waals surface area contributed by atoms with Crippen LogP contribution in [0.2, 0.25) is 5.02 Å².